The number of aliphatic imine (C=N–C) groups is 4. The highest BCUT2D eigenvalue weighted by atomic mass is 32.2. The van der Waals surface area contributed by atoms with Crippen LogP contribution in [-0.2, 0) is 39.6 Å². The van der Waals surface area contributed by atoms with E-state index in [0.29, 0.717) is 110 Å². The normalized spacial score (nSPS) is 21.6. The number of allylic oxidation sites excluding steroid dienone is 4. The molecule has 8 amide bonds. The molecule has 8 saturated heterocycles. The summed E-state index contributed by atoms with van der Waals surface area (Å²) >= 11 is 0. The molecule has 0 unspecified atom stereocenters. The zero-order chi connectivity index (χ0) is 97.5. The van der Waals surface area contributed by atoms with E-state index in [1.54, 1.807) is 66.0 Å². The number of hydrogen-bond acceptors (Lipinski definition) is 20. The molecule has 0 bridgehead atoms. The molecule has 0 aromatic heterocycles. The summed E-state index contributed by atoms with van der Waals surface area (Å²) in [5.74, 6) is -0.0753. The molecular weight excluding hydrogens is 1820 g/mol. The van der Waals surface area contributed by atoms with Crippen LogP contribution in [0.2, 0.25) is 0 Å². The number of likely N-dealkylation sites (N-methyl/N-ethyl adjacent to an activating group) is 8. The van der Waals surface area contributed by atoms with Gasteiger partial charge in [-0.15, -0.1) is 16.6 Å². The zero-order valence-corrected chi connectivity index (χ0v) is 82.1. The van der Waals surface area contributed by atoms with Crippen molar-refractivity contribution in [3.63, 3.8) is 0 Å². The predicted molar refractivity (Wildman–Crippen MR) is 561 cm³/mol. The first-order valence-electron chi connectivity index (χ1n) is 47.3. The Hall–Kier alpha value is -11.9. The number of urea groups is 2. The van der Waals surface area contributed by atoms with Crippen molar-refractivity contribution >= 4 is 125 Å². The molecule has 758 valence electrons. The molecule has 17 rings (SSSR count). The topological polar surface area (TPSA) is 361 Å². The number of amides is 8. The highest BCUT2D eigenvalue weighted by Crippen LogP contribution is 2.49. The van der Waals surface area contributed by atoms with Gasteiger partial charge in [0.2, 0.25) is 5.88 Å². The lowest BCUT2D eigenvalue weighted by Crippen LogP contribution is -2.49. The highest BCUT2D eigenvalue weighted by molar-refractivity contribution is 7.87. The smallest absolute Gasteiger partial charge is 0.367 e. The molecule has 0 radical (unpaired) electrons. The van der Waals surface area contributed by atoms with Gasteiger partial charge in [-0.3, -0.25) is 19.2 Å². The molecular formula is C103H147N23O12S2. The number of piperidine rings is 4. The number of aliphatic hydroxyl groups excluding tert-OH is 2. The van der Waals surface area contributed by atoms with E-state index in [0.717, 1.165) is 143 Å². The summed E-state index contributed by atoms with van der Waals surface area (Å²) in [6.07, 6.45) is 22.4. The minimum Gasteiger partial charge on any atom is -0.493 e. The molecule has 1 spiro atoms. The molecule has 13 aliphatic rings. The second-order valence-corrected chi connectivity index (χ2v) is 44.3. The van der Waals surface area contributed by atoms with Crippen LogP contribution in [0.15, 0.2) is 140 Å². The van der Waals surface area contributed by atoms with Crippen LogP contribution in [0, 0.1) is 41.9 Å². The Balaban J connectivity index is 0.000000190. The number of anilines is 8. The summed E-state index contributed by atoms with van der Waals surface area (Å²) in [4.78, 5) is 118. The fraction of sp³-hybridized carbons (Fsp3) is 0.563. The quantitative estimate of drug-likeness (QED) is 0.0504. The number of nitrogens with one attached hydrogen (secondary N) is 4. The number of rotatable bonds is 18. The Morgan fingerprint density at radius 2 is 0.793 bits per heavy atom. The third-order valence-electron chi connectivity index (χ3n) is 29.3. The van der Waals surface area contributed by atoms with Crippen LogP contribution >= 0.6 is 0 Å². The molecule has 9 fully saturated rings. The Morgan fingerprint density at radius 1 is 0.436 bits per heavy atom. The predicted octanol–water partition coefficient (Wildman–Crippen LogP) is 15.3. The molecule has 6 N–H and O–H groups in total. The molecule has 1 saturated carbocycles. The van der Waals surface area contributed by atoms with Crippen LogP contribution in [0.4, 0.5) is 55.1 Å². The van der Waals surface area contributed by atoms with Gasteiger partial charge in [0.25, 0.3) is 49.9 Å². The van der Waals surface area contributed by atoms with E-state index in [4.69, 9.17) is 19.7 Å². The van der Waals surface area contributed by atoms with Gasteiger partial charge in [0.05, 0.1) is 52.1 Å². The SMILES string of the molecule is C.C.C.C.CN1CC(c2ccc(NC(=O)C3=NC(O)=CC3)c(N3CCC(CCO)CC3)c2)CN(C)S1(=O)=O.[C-]#[N+]C1=CCC(C(=O)Nc2ccc(C3CN(C)C(=O)N(C)C3)cc2N2CCC(C)(C)CC2)=C1.[C-]#[N+]C1=CCC(C(=O)Nc2ccc(C3CN(C)S(=O)(=O)N(C)C3)cc2N2CCC(C)(C)CC2)=N1.[C-]#[N+]C1=NCC(C(=O)Nc2ccc(C3CN(C)C(=O)N(C)C3)cc2N2CCC3(CCCC3)CC2)=N1. The number of carbonyl (C=O) groups is 6. The van der Waals surface area contributed by atoms with Crippen molar-refractivity contribution in [1.82, 2.24) is 36.8 Å². The van der Waals surface area contributed by atoms with Crippen molar-refractivity contribution in [2.24, 2.45) is 42.1 Å². The van der Waals surface area contributed by atoms with Gasteiger partial charge < -0.3 is 80.4 Å². The van der Waals surface area contributed by atoms with Crippen molar-refractivity contribution in [1.29, 1.82) is 0 Å². The van der Waals surface area contributed by atoms with Crippen molar-refractivity contribution in [2.75, 3.05) is 215 Å². The number of hydrogen-bond donors (Lipinski definition) is 6. The highest BCUT2D eigenvalue weighted by Gasteiger charge is 2.42. The monoisotopic (exact) mass is 1960 g/mol. The van der Waals surface area contributed by atoms with E-state index in [2.05, 4.69) is 139 Å². The molecule has 140 heavy (non-hydrogen) atoms. The van der Waals surface area contributed by atoms with Gasteiger partial charge in [-0.2, -0.15) is 39.0 Å². The van der Waals surface area contributed by atoms with Crippen molar-refractivity contribution < 1.29 is 55.8 Å². The van der Waals surface area contributed by atoms with E-state index in [-0.39, 0.29) is 143 Å². The van der Waals surface area contributed by atoms with E-state index in [9.17, 15) is 55.8 Å². The standard InChI is InChI=1S/C26H33N7O2.C26H33N5O2.C24H32N6O3S.C23H33N5O5S.4CH4/c1-27-24-28-15-21(30-24)23(34)29-20-7-6-18(19-16-31(2)25(35)32(3)17-19)14-22(20)33-12-10-26(11-13-33)8-4-5-9-26;1-26(2)10-12-31(13-11-26)23-15-18(20-16-29(4)25(33)30(5)17-20)7-9-22(23)28-24(32)19-6-8-21(14-19)27-3;1-24(2)10-12-30(13-11-24)21-14-17(18-15-28(4)34(32,33)29(5)16-18)6-7-19(21)27-23(31)20-8-9-22(25-3)26-20;1-26-14-18(15-27(2)34(26,32)33)17-3-4-19(25-23(31)20-5-6-22(30)24-20)21(13-17)28-10-7-16(8-11-28)9-12-29;;;;/h6-7,14,19H,4-5,8-13,15-17H2,2-3H3,(H,29,34);7-9,14-15,20H,6,10-13,16-17H2,1-2,4-5H3,(H,28,32);6-7,9,14,18H,8,10-13,15-16H2,1-2,4-5H3,(H,27,31);3-4,6,13,16,18,29-30H,5,7-12,14-15H2,1-2H3,(H,25,31);4*1H4. The second-order valence-electron chi connectivity index (χ2n) is 40.0. The maximum absolute atomic E-state index is 12.9. The summed E-state index contributed by atoms with van der Waals surface area (Å²) in [5, 5.41) is 30.9. The number of carbonyl (C=O) groups excluding carboxylic acids is 6. The van der Waals surface area contributed by atoms with Gasteiger partial charge in [0, 0.05) is 210 Å². The minimum absolute atomic E-state index is 0. The molecule has 11 aliphatic heterocycles. The van der Waals surface area contributed by atoms with Gasteiger partial charge in [0.15, 0.2) is 17.1 Å². The lowest BCUT2D eigenvalue weighted by molar-refractivity contribution is -0.113. The summed E-state index contributed by atoms with van der Waals surface area (Å²) in [6.45, 7) is 42.3. The Labute approximate surface area is 830 Å². The van der Waals surface area contributed by atoms with Crippen molar-refractivity contribution in [2.45, 2.75) is 184 Å². The Morgan fingerprint density at radius 3 is 1.14 bits per heavy atom. The lowest BCUT2D eigenvalue weighted by Gasteiger charge is -2.41. The van der Waals surface area contributed by atoms with Gasteiger partial charge in [-0.25, -0.2) is 19.4 Å². The van der Waals surface area contributed by atoms with Crippen LogP contribution in [0.25, 0.3) is 14.5 Å². The lowest BCUT2D eigenvalue weighted by atomic mass is 9.77. The maximum Gasteiger partial charge on any atom is 0.367 e. The van der Waals surface area contributed by atoms with Gasteiger partial charge in [0.1, 0.15) is 12.3 Å². The first-order valence-corrected chi connectivity index (χ1v) is 50.1. The number of aliphatic hydroxyl groups is 2. The molecule has 2 aliphatic carbocycles. The van der Waals surface area contributed by atoms with Gasteiger partial charge in [-0.05, 0) is 182 Å². The molecule has 37 heteroatoms. The van der Waals surface area contributed by atoms with Crippen molar-refractivity contribution in [3.8, 4) is 0 Å². The van der Waals surface area contributed by atoms with E-state index in [1.165, 1.54) is 72.9 Å². The summed E-state index contributed by atoms with van der Waals surface area (Å²) < 4.78 is 55.0. The third-order valence-corrected chi connectivity index (χ3v) is 33.1. The fourth-order valence-corrected chi connectivity index (χ4v) is 22.9. The summed E-state index contributed by atoms with van der Waals surface area (Å²) in [6, 6.07) is 24.4. The van der Waals surface area contributed by atoms with Gasteiger partial charge >= 0.3 is 18.0 Å². The van der Waals surface area contributed by atoms with Crippen LogP contribution in [0.5, 0.6) is 0 Å². The molecule has 11 heterocycles. The van der Waals surface area contributed by atoms with Crippen molar-refractivity contribution in [3.05, 3.63) is 177 Å². The summed E-state index contributed by atoms with van der Waals surface area (Å²) in [7, 11) is 6.93. The number of guanidine groups is 1. The number of nitrogens with zero attached hydrogens (tertiary/aromatic N) is 19. The van der Waals surface area contributed by atoms with Crippen LogP contribution in [-0.4, -0.2) is 297 Å². The maximum atomic E-state index is 12.9. The van der Waals surface area contributed by atoms with E-state index >= 15 is 0 Å². The summed E-state index contributed by atoms with van der Waals surface area (Å²) in [5.41, 5.74) is 14.3. The molecule has 35 nitrogen and oxygen atoms in total. The molecule has 4 aromatic carbocycles. The van der Waals surface area contributed by atoms with Crippen LogP contribution in [0.3, 0.4) is 0 Å². The fourth-order valence-electron chi connectivity index (χ4n) is 20.5. The Kier molecular flexibility index (Phi) is 36.7. The second kappa shape index (κ2) is 46.7. The third kappa shape index (κ3) is 25.9. The zero-order valence-electron chi connectivity index (χ0n) is 80.5. The minimum atomic E-state index is -3.42. The first kappa shape index (κ1) is 110. The van der Waals surface area contributed by atoms with Crippen LogP contribution in [0.1, 0.15) is 206 Å². The first-order chi connectivity index (χ1) is 64.7. The number of benzene rings is 4. The Bertz CT molecular complexity index is 5810. The average Bonchev–Trinajstić information content (AvgIpc) is 0.996. The molecule has 0 atom stereocenters. The molecule has 4 aromatic rings. The van der Waals surface area contributed by atoms with E-state index < -0.39 is 20.4 Å². The average molecular weight is 1960 g/mol. The largest absolute Gasteiger partial charge is 0.493 e. The van der Waals surface area contributed by atoms with E-state index in [1.807, 2.05) is 64.6 Å². The van der Waals surface area contributed by atoms with Gasteiger partial charge in [-0.1, -0.05) is 113 Å². The van der Waals surface area contributed by atoms with Crippen LogP contribution < -0.4 is 40.9 Å².